The van der Waals surface area contributed by atoms with Gasteiger partial charge in [-0.25, -0.2) is 0 Å². The molecular formula is C24H28ClNO3. The molecule has 1 heterocycles. The lowest BCUT2D eigenvalue weighted by Gasteiger charge is -2.38. The zero-order chi connectivity index (χ0) is 20.4. The fourth-order valence-electron chi connectivity index (χ4n) is 4.81. The molecule has 0 amide bonds. The van der Waals surface area contributed by atoms with Gasteiger partial charge in [0, 0.05) is 16.5 Å². The van der Waals surface area contributed by atoms with Crippen molar-refractivity contribution >= 4 is 11.6 Å². The molecule has 0 N–H and O–H groups in total. The van der Waals surface area contributed by atoms with Crippen LogP contribution in [0.1, 0.15) is 30.4 Å². The fraction of sp³-hybridized carbons (Fsp3) is 0.417. The van der Waals surface area contributed by atoms with Crippen molar-refractivity contribution in [2.75, 3.05) is 21.3 Å². The summed E-state index contributed by atoms with van der Waals surface area (Å²) in [4.78, 5) is 2.36. The van der Waals surface area contributed by atoms with Crippen LogP contribution in [0.25, 0.3) is 0 Å². The van der Waals surface area contributed by atoms with Crippen LogP contribution in [0.5, 0.6) is 11.5 Å². The monoisotopic (exact) mass is 413 g/mol. The highest BCUT2D eigenvalue weighted by Crippen LogP contribution is 2.50. The molecule has 0 spiro atoms. The Hall–Kier alpha value is -2.01. The number of likely N-dealkylation sites (tertiary alicyclic amines) is 1. The van der Waals surface area contributed by atoms with E-state index in [1.165, 1.54) is 5.56 Å². The predicted molar refractivity (Wildman–Crippen MR) is 116 cm³/mol. The quantitative estimate of drug-likeness (QED) is 0.609. The van der Waals surface area contributed by atoms with E-state index in [4.69, 9.17) is 25.8 Å². The van der Waals surface area contributed by atoms with Crippen LogP contribution < -0.4 is 9.47 Å². The molecule has 1 saturated heterocycles. The van der Waals surface area contributed by atoms with Crippen LogP contribution in [0.3, 0.4) is 0 Å². The summed E-state index contributed by atoms with van der Waals surface area (Å²) in [5.41, 5.74) is 2.43. The Labute approximate surface area is 178 Å². The largest absolute Gasteiger partial charge is 0.493 e. The van der Waals surface area contributed by atoms with Gasteiger partial charge in [-0.15, -0.1) is 0 Å². The molecule has 154 valence electrons. The van der Waals surface area contributed by atoms with Gasteiger partial charge in [-0.2, -0.15) is 0 Å². The SMILES string of the molecule is COc1ccc(C23CCC=CC2N(C)C(OCc2ccc(Cl)cc2)C3)cc1OC. The number of hydrogen-bond donors (Lipinski definition) is 0. The number of halogens is 1. The molecule has 0 bridgehead atoms. The lowest BCUT2D eigenvalue weighted by atomic mass is 9.68. The second-order valence-corrected chi connectivity index (χ2v) is 8.34. The molecule has 5 heteroatoms. The van der Waals surface area contributed by atoms with Crippen LogP contribution in [0.2, 0.25) is 5.02 Å². The minimum absolute atomic E-state index is 0.00765. The molecule has 3 atom stereocenters. The van der Waals surface area contributed by atoms with Crippen LogP contribution in [0, 0.1) is 0 Å². The predicted octanol–water partition coefficient (Wildman–Crippen LogP) is 5.19. The summed E-state index contributed by atoms with van der Waals surface area (Å²) in [5.74, 6) is 1.54. The minimum atomic E-state index is 0.00765. The van der Waals surface area contributed by atoms with Crippen molar-refractivity contribution < 1.29 is 14.2 Å². The lowest BCUT2D eigenvalue weighted by Crippen LogP contribution is -2.42. The highest BCUT2D eigenvalue weighted by Gasteiger charge is 2.51. The van der Waals surface area contributed by atoms with E-state index in [0.717, 1.165) is 41.3 Å². The van der Waals surface area contributed by atoms with Crippen molar-refractivity contribution in [3.05, 3.63) is 70.8 Å². The molecule has 0 saturated carbocycles. The Kier molecular flexibility index (Phi) is 5.86. The second kappa shape index (κ2) is 8.39. The summed E-state index contributed by atoms with van der Waals surface area (Å²) in [7, 11) is 5.53. The van der Waals surface area contributed by atoms with E-state index in [1.54, 1.807) is 14.2 Å². The van der Waals surface area contributed by atoms with Crippen LogP contribution in [0.15, 0.2) is 54.6 Å². The number of likely N-dealkylation sites (N-methyl/N-ethyl adjacent to an activating group) is 1. The second-order valence-electron chi connectivity index (χ2n) is 7.90. The van der Waals surface area contributed by atoms with Crippen molar-refractivity contribution in [2.24, 2.45) is 0 Å². The van der Waals surface area contributed by atoms with E-state index in [-0.39, 0.29) is 11.6 Å². The number of allylic oxidation sites excluding steroid dienone is 1. The summed E-state index contributed by atoms with van der Waals surface area (Å²) in [6.07, 6.45) is 7.79. The van der Waals surface area contributed by atoms with Gasteiger partial charge in [0.2, 0.25) is 0 Å². The number of ether oxygens (including phenoxy) is 3. The zero-order valence-corrected chi connectivity index (χ0v) is 18.0. The van der Waals surface area contributed by atoms with Gasteiger partial charge in [0.25, 0.3) is 0 Å². The van der Waals surface area contributed by atoms with E-state index >= 15 is 0 Å². The molecule has 2 aliphatic rings. The molecule has 1 fully saturated rings. The summed E-state index contributed by atoms with van der Waals surface area (Å²) in [6, 6.07) is 14.5. The van der Waals surface area contributed by atoms with Crippen LogP contribution in [0.4, 0.5) is 0 Å². The number of nitrogens with zero attached hydrogens (tertiary/aromatic N) is 1. The lowest BCUT2D eigenvalue weighted by molar-refractivity contribution is -0.0403. The summed E-state index contributed by atoms with van der Waals surface area (Å²) >= 11 is 6.00. The molecule has 2 aromatic carbocycles. The van der Waals surface area contributed by atoms with Gasteiger partial charge in [-0.1, -0.05) is 42.0 Å². The van der Waals surface area contributed by atoms with Crippen molar-refractivity contribution in [3.63, 3.8) is 0 Å². The summed E-state index contributed by atoms with van der Waals surface area (Å²) in [5, 5.41) is 0.746. The van der Waals surface area contributed by atoms with Gasteiger partial charge < -0.3 is 14.2 Å². The van der Waals surface area contributed by atoms with Crippen molar-refractivity contribution in [1.82, 2.24) is 4.90 Å². The molecule has 4 rings (SSSR count). The van der Waals surface area contributed by atoms with E-state index in [9.17, 15) is 0 Å². The first kappa shape index (κ1) is 20.3. The average Bonchev–Trinajstić information content (AvgIpc) is 3.06. The van der Waals surface area contributed by atoms with Gasteiger partial charge in [0.15, 0.2) is 11.5 Å². The maximum absolute atomic E-state index is 6.37. The first-order valence-electron chi connectivity index (χ1n) is 10.0. The van der Waals surface area contributed by atoms with E-state index in [1.807, 2.05) is 30.3 Å². The zero-order valence-electron chi connectivity index (χ0n) is 17.2. The standard InChI is InChI=1S/C24H28ClNO3/c1-26-22-6-4-5-13-24(22,18-9-12-20(27-2)21(14-18)28-3)15-23(26)29-16-17-7-10-19(25)11-8-17/h4,6-12,14,22-23H,5,13,15-16H2,1-3H3. The number of fused-ring (bicyclic) bond motifs is 1. The van der Waals surface area contributed by atoms with Crippen LogP contribution in [-0.4, -0.2) is 38.4 Å². The van der Waals surface area contributed by atoms with Gasteiger partial charge in [0.05, 0.1) is 20.8 Å². The molecule has 3 unspecified atom stereocenters. The van der Waals surface area contributed by atoms with Crippen molar-refractivity contribution in [3.8, 4) is 11.5 Å². The van der Waals surface area contributed by atoms with Gasteiger partial charge in [-0.05, 0) is 61.7 Å². The third-order valence-corrected chi connectivity index (χ3v) is 6.64. The third kappa shape index (κ3) is 3.77. The highest BCUT2D eigenvalue weighted by atomic mass is 35.5. The van der Waals surface area contributed by atoms with E-state index in [0.29, 0.717) is 12.6 Å². The van der Waals surface area contributed by atoms with Gasteiger partial charge >= 0.3 is 0 Å². The number of hydrogen-bond acceptors (Lipinski definition) is 4. The summed E-state index contributed by atoms with van der Waals surface area (Å²) < 4.78 is 17.4. The summed E-state index contributed by atoms with van der Waals surface area (Å²) in [6.45, 7) is 0.574. The van der Waals surface area contributed by atoms with Crippen LogP contribution in [-0.2, 0) is 16.8 Å². The fourth-order valence-corrected chi connectivity index (χ4v) is 4.94. The minimum Gasteiger partial charge on any atom is -0.493 e. The normalized spacial score (nSPS) is 26.3. The number of rotatable bonds is 6. The Balaban J connectivity index is 1.60. The average molecular weight is 414 g/mol. The molecule has 2 aromatic rings. The van der Waals surface area contributed by atoms with Crippen LogP contribution >= 0.6 is 11.6 Å². The van der Waals surface area contributed by atoms with E-state index < -0.39 is 0 Å². The molecule has 4 nitrogen and oxygen atoms in total. The first-order valence-corrected chi connectivity index (χ1v) is 10.4. The highest BCUT2D eigenvalue weighted by molar-refractivity contribution is 6.30. The van der Waals surface area contributed by atoms with Crippen molar-refractivity contribution in [1.29, 1.82) is 0 Å². The third-order valence-electron chi connectivity index (χ3n) is 6.39. The Morgan fingerprint density at radius 1 is 1.07 bits per heavy atom. The first-order chi connectivity index (χ1) is 14.1. The van der Waals surface area contributed by atoms with Crippen molar-refractivity contribution in [2.45, 2.75) is 43.6 Å². The smallest absolute Gasteiger partial charge is 0.161 e. The molecule has 1 aliphatic heterocycles. The maximum atomic E-state index is 6.37. The molecule has 1 aliphatic carbocycles. The number of methoxy groups -OCH3 is 2. The maximum Gasteiger partial charge on any atom is 0.161 e. The molecular weight excluding hydrogens is 386 g/mol. The molecule has 29 heavy (non-hydrogen) atoms. The Morgan fingerprint density at radius 2 is 1.83 bits per heavy atom. The number of benzene rings is 2. The molecule has 0 radical (unpaired) electrons. The molecule has 0 aromatic heterocycles. The van der Waals surface area contributed by atoms with E-state index in [2.05, 4.69) is 36.2 Å². The Bertz CT molecular complexity index is 882. The topological polar surface area (TPSA) is 30.9 Å². The van der Waals surface area contributed by atoms with Gasteiger partial charge in [0.1, 0.15) is 6.23 Å². The van der Waals surface area contributed by atoms with Gasteiger partial charge in [-0.3, -0.25) is 4.90 Å². The Morgan fingerprint density at radius 3 is 2.55 bits per heavy atom.